The van der Waals surface area contributed by atoms with Crippen LogP contribution >= 0.6 is 11.3 Å². The molecule has 0 saturated carbocycles. The molecular weight excluding hydrogens is 378 g/mol. The molecule has 0 amide bonds. The fourth-order valence-corrected chi connectivity index (χ4v) is 5.92. The van der Waals surface area contributed by atoms with Gasteiger partial charge in [0.15, 0.2) is 0 Å². The highest BCUT2D eigenvalue weighted by molar-refractivity contribution is 7.22. The molecule has 29 heavy (non-hydrogen) atoms. The van der Waals surface area contributed by atoms with Crippen LogP contribution in [0, 0.1) is 0 Å². The van der Waals surface area contributed by atoms with E-state index in [0.717, 1.165) is 19.3 Å². The van der Waals surface area contributed by atoms with Gasteiger partial charge in [0.1, 0.15) is 5.60 Å². The Morgan fingerprint density at radius 2 is 2.03 bits per heavy atom. The lowest BCUT2D eigenvalue weighted by Gasteiger charge is -2.36. The van der Waals surface area contributed by atoms with Crippen molar-refractivity contribution >= 4 is 32.3 Å². The molecule has 0 radical (unpaired) electrons. The standard InChI is InChI=1S/C25H27NO2S/c1-3-16-13-18(22-15-17-7-5-6-8-21(17)29-22)14-20-19-9-12-28-25(4-2,10-11-27)24(19)26-23(16)20/h5-8,13-15,26-27H,3-4,9-12H2,1-2H3. The summed E-state index contributed by atoms with van der Waals surface area (Å²) in [6, 6.07) is 15.6. The van der Waals surface area contributed by atoms with Crippen molar-refractivity contribution in [1.82, 2.24) is 4.98 Å². The first kappa shape index (κ1) is 18.9. The first-order chi connectivity index (χ1) is 14.2. The predicted molar refractivity (Wildman–Crippen MR) is 122 cm³/mol. The number of aryl methyl sites for hydroxylation is 1. The third-order valence-corrected chi connectivity index (χ3v) is 7.63. The quantitative estimate of drug-likeness (QED) is 0.417. The average Bonchev–Trinajstić information content (AvgIpc) is 3.35. The molecule has 1 aliphatic rings. The van der Waals surface area contributed by atoms with Gasteiger partial charge < -0.3 is 14.8 Å². The van der Waals surface area contributed by atoms with E-state index >= 15 is 0 Å². The van der Waals surface area contributed by atoms with E-state index in [2.05, 4.69) is 61.3 Å². The van der Waals surface area contributed by atoms with E-state index in [-0.39, 0.29) is 6.61 Å². The number of hydrogen-bond acceptors (Lipinski definition) is 3. The average molecular weight is 406 g/mol. The number of H-pyrrole nitrogens is 1. The zero-order valence-electron chi connectivity index (χ0n) is 17.0. The Bertz CT molecular complexity index is 1160. The molecule has 2 N–H and O–H groups in total. The number of aliphatic hydroxyl groups excluding tert-OH is 1. The Balaban J connectivity index is 1.73. The molecule has 5 rings (SSSR count). The molecule has 2 aromatic carbocycles. The van der Waals surface area contributed by atoms with E-state index in [0.29, 0.717) is 13.0 Å². The molecule has 2 aromatic heterocycles. The van der Waals surface area contributed by atoms with Crippen LogP contribution < -0.4 is 0 Å². The molecule has 0 saturated heterocycles. The minimum atomic E-state index is -0.399. The van der Waals surface area contributed by atoms with Crippen molar-refractivity contribution in [2.24, 2.45) is 0 Å². The van der Waals surface area contributed by atoms with Crippen molar-refractivity contribution in [2.45, 2.75) is 45.1 Å². The van der Waals surface area contributed by atoms with E-state index in [4.69, 9.17) is 4.74 Å². The SMILES string of the molecule is CCc1cc(-c2cc3ccccc3s2)cc2c3c([nH]c12)C(CC)(CCO)OCC3. The van der Waals surface area contributed by atoms with Gasteiger partial charge in [-0.2, -0.15) is 0 Å². The van der Waals surface area contributed by atoms with Gasteiger partial charge >= 0.3 is 0 Å². The van der Waals surface area contributed by atoms with Gasteiger partial charge in [-0.25, -0.2) is 0 Å². The number of benzene rings is 2. The Kier molecular flexibility index (Phi) is 4.73. The van der Waals surface area contributed by atoms with Gasteiger partial charge in [0.25, 0.3) is 0 Å². The minimum absolute atomic E-state index is 0.135. The summed E-state index contributed by atoms with van der Waals surface area (Å²) in [7, 11) is 0. The number of hydrogen-bond donors (Lipinski definition) is 2. The Hall–Kier alpha value is -2.14. The lowest BCUT2D eigenvalue weighted by molar-refractivity contribution is -0.0795. The Morgan fingerprint density at radius 3 is 2.79 bits per heavy atom. The summed E-state index contributed by atoms with van der Waals surface area (Å²) >= 11 is 1.86. The summed E-state index contributed by atoms with van der Waals surface area (Å²) in [5.74, 6) is 0. The van der Waals surface area contributed by atoms with Gasteiger partial charge in [0.2, 0.25) is 0 Å². The molecular formula is C25H27NO2S. The molecule has 4 aromatic rings. The zero-order chi connectivity index (χ0) is 20.0. The minimum Gasteiger partial charge on any atom is -0.396 e. The highest BCUT2D eigenvalue weighted by atomic mass is 32.1. The molecule has 1 unspecified atom stereocenters. The van der Waals surface area contributed by atoms with Crippen molar-refractivity contribution in [3.63, 3.8) is 0 Å². The smallest absolute Gasteiger partial charge is 0.110 e. The number of ether oxygens (including phenoxy) is 1. The van der Waals surface area contributed by atoms with E-state index in [1.165, 1.54) is 48.3 Å². The molecule has 0 fully saturated rings. The maximum absolute atomic E-state index is 9.69. The molecule has 1 atom stereocenters. The maximum atomic E-state index is 9.69. The third kappa shape index (κ3) is 2.93. The highest BCUT2D eigenvalue weighted by Crippen LogP contribution is 2.44. The van der Waals surface area contributed by atoms with Gasteiger partial charge in [-0.1, -0.05) is 32.0 Å². The molecule has 3 nitrogen and oxygen atoms in total. The van der Waals surface area contributed by atoms with E-state index in [1.807, 2.05) is 11.3 Å². The van der Waals surface area contributed by atoms with Crippen LogP contribution in [0.15, 0.2) is 42.5 Å². The van der Waals surface area contributed by atoms with Gasteiger partial charge in [-0.05, 0) is 65.6 Å². The second kappa shape index (κ2) is 7.28. The molecule has 0 spiro atoms. The van der Waals surface area contributed by atoms with Gasteiger partial charge in [0, 0.05) is 33.5 Å². The number of rotatable bonds is 5. The van der Waals surface area contributed by atoms with Crippen molar-refractivity contribution in [1.29, 1.82) is 0 Å². The summed E-state index contributed by atoms with van der Waals surface area (Å²) in [6.45, 7) is 5.22. The molecule has 0 aliphatic carbocycles. The van der Waals surface area contributed by atoms with Gasteiger partial charge in [0.05, 0.1) is 12.3 Å². The number of thiophene rings is 1. The first-order valence-corrected chi connectivity index (χ1v) is 11.4. The Morgan fingerprint density at radius 1 is 1.17 bits per heavy atom. The van der Waals surface area contributed by atoms with E-state index < -0.39 is 5.60 Å². The van der Waals surface area contributed by atoms with Crippen LogP contribution in [0.5, 0.6) is 0 Å². The Labute approximate surface area is 175 Å². The lowest BCUT2D eigenvalue weighted by Crippen LogP contribution is -2.36. The third-order valence-electron chi connectivity index (χ3n) is 6.46. The molecule has 4 heteroatoms. The second-order valence-electron chi connectivity index (χ2n) is 7.96. The van der Waals surface area contributed by atoms with Crippen LogP contribution in [-0.4, -0.2) is 23.3 Å². The first-order valence-electron chi connectivity index (χ1n) is 10.6. The predicted octanol–water partition coefficient (Wildman–Crippen LogP) is 6.17. The summed E-state index contributed by atoms with van der Waals surface area (Å²) < 4.78 is 7.58. The molecule has 150 valence electrons. The summed E-state index contributed by atoms with van der Waals surface area (Å²) in [5.41, 5.74) is 6.04. The second-order valence-corrected chi connectivity index (χ2v) is 9.04. The van der Waals surface area contributed by atoms with Gasteiger partial charge in [-0.3, -0.25) is 0 Å². The number of nitrogens with one attached hydrogen (secondary N) is 1. The number of aromatic amines is 1. The highest BCUT2D eigenvalue weighted by Gasteiger charge is 2.38. The lowest BCUT2D eigenvalue weighted by atomic mass is 9.86. The van der Waals surface area contributed by atoms with Gasteiger partial charge in [-0.15, -0.1) is 11.3 Å². The van der Waals surface area contributed by atoms with Crippen LogP contribution in [0.2, 0.25) is 0 Å². The topological polar surface area (TPSA) is 45.2 Å². The number of fused-ring (bicyclic) bond motifs is 4. The largest absolute Gasteiger partial charge is 0.396 e. The van der Waals surface area contributed by atoms with E-state index in [9.17, 15) is 5.11 Å². The molecule has 1 aliphatic heterocycles. The molecule has 3 heterocycles. The fourth-order valence-electron chi connectivity index (χ4n) is 4.87. The maximum Gasteiger partial charge on any atom is 0.110 e. The normalized spacial score (nSPS) is 19.1. The molecule has 0 bridgehead atoms. The summed E-state index contributed by atoms with van der Waals surface area (Å²) in [5, 5.41) is 12.3. The van der Waals surface area contributed by atoms with Crippen molar-refractivity contribution in [3.05, 3.63) is 59.3 Å². The van der Waals surface area contributed by atoms with Crippen molar-refractivity contribution in [3.8, 4) is 10.4 Å². The van der Waals surface area contributed by atoms with Crippen molar-refractivity contribution < 1.29 is 9.84 Å². The van der Waals surface area contributed by atoms with E-state index in [1.54, 1.807) is 0 Å². The van der Waals surface area contributed by atoms with Crippen molar-refractivity contribution in [2.75, 3.05) is 13.2 Å². The number of aromatic nitrogens is 1. The monoisotopic (exact) mass is 405 g/mol. The van der Waals surface area contributed by atoms with Crippen LogP contribution in [0.25, 0.3) is 31.4 Å². The zero-order valence-corrected chi connectivity index (χ0v) is 17.9. The fraction of sp³-hybridized carbons (Fsp3) is 0.360. The summed E-state index contributed by atoms with van der Waals surface area (Å²) in [4.78, 5) is 5.06. The van der Waals surface area contributed by atoms with Crippen LogP contribution in [0.3, 0.4) is 0 Å². The van der Waals surface area contributed by atoms with Crippen LogP contribution in [0.1, 0.15) is 43.5 Å². The van der Waals surface area contributed by atoms with Crippen LogP contribution in [0.4, 0.5) is 0 Å². The van der Waals surface area contributed by atoms with Crippen LogP contribution in [-0.2, 0) is 23.2 Å². The summed E-state index contributed by atoms with van der Waals surface area (Å²) in [6.07, 6.45) is 3.39. The number of aliphatic hydroxyl groups is 1.